The van der Waals surface area contributed by atoms with Crippen LogP contribution in [0.3, 0.4) is 0 Å². The molecule has 7 N–H and O–H groups in total. The van der Waals surface area contributed by atoms with Gasteiger partial charge in [-0.25, -0.2) is 0 Å². The van der Waals surface area contributed by atoms with E-state index in [2.05, 4.69) is 16.0 Å². The second-order valence-corrected chi connectivity index (χ2v) is 5.55. The van der Waals surface area contributed by atoms with Gasteiger partial charge in [-0.05, 0) is 74.5 Å². The first-order valence-corrected chi connectivity index (χ1v) is 8.13. The third kappa shape index (κ3) is 6.93. The van der Waals surface area contributed by atoms with Crippen LogP contribution in [-0.4, -0.2) is 26.2 Å². The van der Waals surface area contributed by atoms with Gasteiger partial charge in [0.15, 0.2) is 0 Å². The number of nitrogen functional groups attached to an aromatic ring is 2. The molecule has 23 heavy (non-hydrogen) atoms. The summed E-state index contributed by atoms with van der Waals surface area (Å²) in [6.45, 7) is 3.95. The van der Waals surface area contributed by atoms with E-state index >= 15 is 0 Å². The summed E-state index contributed by atoms with van der Waals surface area (Å²) < 4.78 is 0. The van der Waals surface area contributed by atoms with E-state index in [0.29, 0.717) is 0 Å². The molecule has 5 heteroatoms. The van der Waals surface area contributed by atoms with Crippen molar-refractivity contribution in [3.63, 3.8) is 0 Å². The predicted octanol–water partition coefficient (Wildman–Crippen LogP) is 2.74. The zero-order chi connectivity index (χ0) is 16.3. The summed E-state index contributed by atoms with van der Waals surface area (Å²) in [4.78, 5) is 0. The van der Waals surface area contributed by atoms with E-state index in [0.717, 1.165) is 61.8 Å². The smallest absolute Gasteiger partial charge is 0.0341 e. The summed E-state index contributed by atoms with van der Waals surface area (Å²) in [5, 5.41) is 10.2. The van der Waals surface area contributed by atoms with E-state index < -0.39 is 0 Å². The van der Waals surface area contributed by atoms with Crippen LogP contribution in [0.2, 0.25) is 0 Å². The van der Waals surface area contributed by atoms with E-state index in [4.69, 9.17) is 11.5 Å². The Morgan fingerprint density at radius 2 is 0.957 bits per heavy atom. The Hall–Kier alpha value is -2.40. The van der Waals surface area contributed by atoms with E-state index in [1.165, 1.54) is 0 Å². The molecule has 0 fully saturated rings. The fourth-order valence-corrected chi connectivity index (χ4v) is 2.22. The number of benzene rings is 2. The fourth-order valence-electron chi connectivity index (χ4n) is 2.22. The molecule has 0 bridgehead atoms. The van der Waals surface area contributed by atoms with Gasteiger partial charge in [0.1, 0.15) is 0 Å². The summed E-state index contributed by atoms with van der Waals surface area (Å²) in [7, 11) is 0. The molecule has 0 heterocycles. The summed E-state index contributed by atoms with van der Waals surface area (Å²) in [5.74, 6) is 0. The highest BCUT2D eigenvalue weighted by molar-refractivity contribution is 5.51. The van der Waals surface area contributed by atoms with Crippen molar-refractivity contribution in [1.82, 2.24) is 5.32 Å². The van der Waals surface area contributed by atoms with E-state index in [9.17, 15) is 0 Å². The molecule has 2 aromatic carbocycles. The average molecular weight is 313 g/mol. The number of hydrogen-bond donors (Lipinski definition) is 5. The molecule has 0 amide bonds. The molecule has 0 radical (unpaired) electrons. The van der Waals surface area contributed by atoms with Crippen molar-refractivity contribution in [2.24, 2.45) is 0 Å². The van der Waals surface area contributed by atoms with Crippen LogP contribution < -0.4 is 27.4 Å². The van der Waals surface area contributed by atoms with Gasteiger partial charge in [0.25, 0.3) is 0 Å². The van der Waals surface area contributed by atoms with Gasteiger partial charge < -0.3 is 27.4 Å². The first kappa shape index (κ1) is 17.0. The molecule has 0 aromatic heterocycles. The van der Waals surface area contributed by atoms with E-state index in [-0.39, 0.29) is 0 Å². The summed E-state index contributed by atoms with van der Waals surface area (Å²) in [6.07, 6.45) is 2.19. The van der Waals surface area contributed by atoms with Gasteiger partial charge in [-0.15, -0.1) is 0 Å². The maximum Gasteiger partial charge on any atom is 0.0341 e. The standard InChI is InChI=1S/C18H27N5/c19-15-3-7-17(8-4-15)22-13-1-11-21-12-2-14-23-18-9-5-16(20)6-10-18/h3-10,21-23H,1-2,11-14,19-20H2. The minimum atomic E-state index is 0.796. The number of anilines is 4. The zero-order valence-corrected chi connectivity index (χ0v) is 13.5. The SMILES string of the molecule is Nc1ccc(NCCCNCCCNc2ccc(N)cc2)cc1. The van der Waals surface area contributed by atoms with Gasteiger partial charge >= 0.3 is 0 Å². The monoisotopic (exact) mass is 313 g/mol. The molecule has 0 atom stereocenters. The van der Waals surface area contributed by atoms with Crippen LogP contribution >= 0.6 is 0 Å². The van der Waals surface area contributed by atoms with Crippen molar-refractivity contribution >= 4 is 22.7 Å². The maximum absolute atomic E-state index is 5.66. The summed E-state index contributed by atoms with van der Waals surface area (Å²) in [6, 6.07) is 15.7. The van der Waals surface area contributed by atoms with Crippen LogP contribution in [-0.2, 0) is 0 Å². The fraction of sp³-hybridized carbons (Fsp3) is 0.333. The molecule has 0 saturated heterocycles. The molecule has 0 aliphatic heterocycles. The highest BCUT2D eigenvalue weighted by Crippen LogP contribution is 2.10. The molecule has 2 rings (SSSR count). The Morgan fingerprint density at radius 1 is 0.565 bits per heavy atom. The topological polar surface area (TPSA) is 88.1 Å². The Balaban J connectivity index is 1.43. The molecule has 0 aliphatic carbocycles. The largest absolute Gasteiger partial charge is 0.399 e. The Morgan fingerprint density at radius 3 is 1.35 bits per heavy atom. The lowest BCUT2D eigenvalue weighted by atomic mass is 10.2. The zero-order valence-electron chi connectivity index (χ0n) is 13.5. The third-order valence-electron chi connectivity index (χ3n) is 3.54. The maximum atomic E-state index is 5.66. The van der Waals surface area contributed by atoms with Crippen molar-refractivity contribution in [2.75, 3.05) is 48.3 Å². The number of nitrogens with two attached hydrogens (primary N) is 2. The molecule has 124 valence electrons. The molecule has 5 nitrogen and oxygen atoms in total. The average Bonchev–Trinajstić information content (AvgIpc) is 2.56. The van der Waals surface area contributed by atoms with Crippen molar-refractivity contribution in [3.8, 4) is 0 Å². The van der Waals surface area contributed by atoms with Crippen molar-refractivity contribution < 1.29 is 0 Å². The molecule has 0 saturated carbocycles. The second kappa shape index (κ2) is 9.58. The summed E-state index contributed by atoms with van der Waals surface area (Å²) >= 11 is 0. The van der Waals surface area contributed by atoms with Gasteiger partial charge in [-0.3, -0.25) is 0 Å². The van der Waals surface area contributed by atoms with Gasteiger partial charge in [-0.2, -0.15) is 0 Å². The van der Waals surface area contributed by atoms with Gasteiger partial charge in [0, 0.05) is 35.8 Å². The van der Waals surface area contributed by atoms with E-state index in [1.54, 1.807) is 0 Å². The molecule has 0 aliphatic rings. The van der Waals surface area contributed by atoms with Gasteiger partial charge in [-0.1, -0.05) is 0 Å². The first-order chi connectivity index (χ1) is 11.2. The lowest BCUT2D eigenvalue weighted by molar-refractivity contribution is 0.643. The quantitative estimate of drug-likeness (QED) is 0.344. The normalized spacial score (nSPS) is 10.4. The molecule has 0 unspecified atom stereocenters. The number of nitrogens with one attached hydrogen (secondary N) is 3. The Bertz CT molecular complexity index is 499. The van der Waals surface area contributed by atoms with Crippen LogP contribution in [0.15, 0.2) is 48.5 Å². The highest BCUT2D eigenvalue weighted by Gasteiger charge is 1.94. The summed E-state index contributed by atoms with van der Waals surface area (Å²) in [5.41, 5.74) is 15.1. The number of rotatable bonds is 10. The predicted molar refractivity (Wildman–Crippen MR) is 101 cm³/mol. The minimum Gasteiger partial charge on any atom is -0.399 e. The first-order valence-electron chi connectivity index (χ1n) is 8.13. The van der Waals surface area contributed by atoms with Crippen LogP contribution in [0.1, 0.15) is 12.8 Å². The van der Waals surface area contributed by atoms with Crippen molar-refractivity contribution in [3.05, 3.63) is 48.5 Å². The highest BCUT2D eigenvalue weighted by atomic mass is 14.9. The lowest BCUT2D eigenvalue weighted by Gasteiger charge is -2.09. The van der Waals surface area contributed by atoms with Crippen molar-refractivity contribution in [2.45, 2.75) is 12.8 Å². The van der Waals surface area contributed by atoms with Gasteiger partial charge in [0.05, 0.1) is 0 Å². The van der Waals surface area contributed by atoms with Crippen LogP contribution in [0.5, 0.6) is 0 Å². The van der Waals surface area contributed by atoms with Crippen LogP contribution in [0.4, 0.5) is 22.7 Å². The molecular formula is C18H27N5. The Kier molecular flexibility index (Phi) is 7.07. The van der Waals surface area contributed by atoms with Crippen molar-refractivity contribution in [1.29, 1.82) is 0 Å². The minimum absolute atomic E-state index is 0.796. The van der Waals surface area contributed by atoms with E-state index in [1.807, 2.05) is 48.5 Å². The third-order valence-corrected chi connectivity index (χ3v) is 3.54. The Labute approximate surface area is 138 Å². The van der Waals surface area contributed by atoms with Crippen LogP contribution in [0, 0.1) is 0 Å². The second-order valence-electron chi connectivity index (χ2n) is 5.55. The van der Waals surface area contributed by atoms with Crippen LogP contribution in [0.25, 0.3) is 0 Å². The number of hydrogen-bond acceptors (Lipinski definition) is 5. The lowest BCUT2D eigenvalue weighted by Crippen LogP contribution is -2.21. The molecule has 0 spiro atoms. The van der Waals surface area contributed by atoms with Gasteiger partial charge in [0.2, 0.25) is 0 Å². The molecule has 2 aromatic rings. The molecular weight excluding hydrogens is 286 g/mol.